The lowest BCUT2D eigenvalue weighted by atomic mass is 9.95. The zero-order chi connectivity index (χ0) is 12.9. The van der Waals surface area contributed by atoms with Crippen LogP contribution in [0.2, 0.25) is 0 Å². The van der Waals surface area contributed by atoms with Crippen LogP contribution in [0.25, 0.3) is 0 Å². The predicted octanol–water partition coefficient (Wildman–Crippen LogP) is 3.49. The lowest BCUT2D eigenvalue weighted by Crippen LogP contribution is -2.27. The molecule has 1 rings (SSSR count). The molecule has 0 aromatic heterocycles. The zero-order valence-electron chi connectivity index (χ0n) is 11.1. The summed E-state index contributed by atoms with van der Waals surface area (Å²) < 4.78 is 0. The normalized spacial score (nSPS) is 11.1. The molecule has 0 radical (unpaired) electrons. The standard InChI is InChI=1S/C14H22N2O/c1-5-9-15-11-7-6-8-12(10-11)16-13(17)14(2,3)4/h6-8,10,15H,5,9H2,1-4H3,(H,16,17). The number of hydrogen-bond acceptors (Lipinski definition) is 2. The molecule has 0 unspecified atom stereocenters. The number of carbonyl (C=O) groups is 1. The highest BCUT2D eigenvalue weighted by Gasteiger charge is 2.20. The van der Waals surface area contributed by atoms with Crippen LogP contribution in [0.4, 0.5) is 11.4 Å². The van der Waals surface area contributed by atoms with Gasteiger partial charge in [0.2, 0.25) is 5.91 Å². The smallest absolute Gasteiger partial charge is 0.229 e. The van der Waals surface area contributed by atoms with Crippen molar-refractivity contribution >= 4 is 17.3 Å². The second kappa shape index (κ2) is 5.71. The van der Waals surface area contributed by atoms with Gasteiger partial charge in [-0.3, -0.25) is 4.79 Å². The Balaban J connectivity index is 2.69. The number of hydrogen-bond donors (Lipinski definition) is 2. The van der Waals surface area contributed by atoms with Gasteiger partial charge in [0.15, 0.2) is 0 Å². The van der Waals surface area contributed by atoms with Crippen LogP contribution < -0.4 is 10.6 Å². The van der Waals surface area contributed by atoms with Crippen molar-refractivity contribution in [3.05, 3.63) is 24.3 Å². The second-order valence-electron chi connectivity index (χ2n) is 5.21. The molecule has 3 nitrogen and oxygen atoms in total. The van der Waals surface area contributed by atoms with Gasteiger partial charge in [-0.2, -0.15) is 0 Å². The molecule has 0 fully saturated rings. The molecule has 0 atom stereocenters. The monoisotopic (exact) mass is 234 g/mol. The van der Waals surface area contributed by atoms with Gasteiger partial charge in [0.1, 0.15) is 0 Å². The molecule has 0 spiro atoms. The van der Waals surface area contributed by atoms with Gasteiger partial charge < -0.3 is 10.6 Å². The number of nitrogens with one attached hydrogen (secondary N) is 2. The first kappa shape index (κ1) is 13.6. The Bertz CT molecular complexity index is 380. The van der Waals surface area contributed by atoms with Crippen molar-refractivity contribution in [1.82, 2.24) is 0 Å². The molecule has 94 valence electrons. The first-order chi connectivity index (χ1) is 7.93. The summed E-state index contributed by atoms with van der Waals surface area (Å²) in [7, 11) is 0. The molecule has 1 amide bonds. The summed E-state index contributed by atoms with van der Waals surface area (Å²) in [5.41, 5.74) is 1.51. The van der Waals surface area contributed by atoms with Crippen LogP contribution in [-0.4, -0.2) is 12.5 Å². The third-order valence-corrected chi connectivity index (χ3v) is 2.38. The zero-order valence-corrected chi connectivity index (χ0v) is 11.1. The van der Waals surface area contributed by atoms with Crippen molar-refractivity contribution < 1.29 is 4.79 Å². The van der Waals surface area contributed by atoms with Crippen LogP contribution in [0.1, 0.15) is 34.1 Å². The van der Waals surface area contributed by atoms with Crippen molar-refractivity contribution in [2.45, 2.75) is 34.1 Å². The predicted molar refractivity (Wildman–Crippen MR) is 73.3 cm³/mol. The highest BCUT2D eigenvalue weighted by Crippen LogP contribution is 2.19. The minimum atomic E-state index is -0.368. The van der Waals surface area contributed by atoms with Gasteiger partial charge >= 0.3 is 0 Å². The molecule has 17 heavy (non-hydrogen) atoms. The summed E-state index contributed by atoms with van der Waals surface area (Å²) in [6, 6.07) is 7.80. The molecule has 0 aliphatic rings. The van der Waals surface area contributed by atoms with E-state index in [2.05, 4.69) is 17.6 Å². The average molecular weight is 234 g/mol. The maximum atomic E-state index is 11.8. The molecule has 2 N–H and O–H groups in total. The van der Waals surface area contributed by atoms with E-state index in [0.717, 1.165) is 24.3 Å². The van der Waals surface area contributed by atoms with Crippen LogP contribution >= 0.6 is 0 Å². The van der Waals surface area contributed by atoms with E-state index in [-0.39, 0.29) is 11.3 Å². The summed E-state index contributed by atoms with van der Waals surface area (Å²) in [6.07, 6.45) is 1.08. The molecule has 1 aromatic carbocycles. The quantitative estimate of drug-likeness (QED) is 0.837. The lowest BCUT2D eigenvalue weighted by molar-refractivity contribution is -0.123. The van der Waals surface area contributed by atoms with Gasteiger partial charge in [0.05, 0.1) is 0 Å². The third-order valence-electron chi connectivity index (χ3n) is 2.38. The van der Waals surface area contributed by atoms with Crippen LogP contribution in [-0.2, 0) is 4.79 Å². The van der Waals surface area contributed by atoms with E-state index in [4.69, 9.17) is 0 Å². The largest absolute Gasteiger partial charge is 0.385 e. The molecular formula is C14H22N2O. The van der Waals surface area contributed by atoms with Crippen LogP contribution in [0.15, 0.2) is 24.3 Å². The van der Waals surface area contributed by atoms with Gasteiger partial charge in [-0.15, -0.1) is 0 Å². The fraction of sp³-hybridized carbons (Fsp3) is 0.500. The maximum absolute atomic E-state index is 11.8. The van der Waals surface area contributed by atoms with Crippen LogP contribution in [0.5, 0.6) is 0 Å². The van der Waals surface area contributed by atoms with Gasteiger partial charge in [-0.05, 0) is 24.6 Å². The first-order valence-electron chi connectivity index (χ1n) is 6.09. The van der Waals surface area contributed by atoms with Crippen molar-refractivity contribution in [3.63, 3.8) is 0 Å². The molecule has 0 bridgehead atoms. The molecule has 0 aliphatic heterocycles. The average Bonchev–Trinajstić information content (AvgIpc) is 2.25. The van der Waals surface area contributed by atoms with E-state index < -0.39 is 0 Å². The number of anilines is 2. The Morgan fingerprint density at radius 3 is 2.47 bits per heavy atom. The van der Waals surface area contributed by atoms with Crippen molar-refractivity contribution in [1.29, 1.82) is 0 Å². The maximum Gasteiger partial charge on any atom is 0.229 e. The summed E-state index contributed by atoms with van der Waals surface area (Å²) in [5, 5.41) is 6.22. The molecule has 0 heterocycles. The van der Waals surface area contributed by atoms with Crippen molar-refractivity contribution in [2.75, 3.05) is 17.2 Å². The number of carbonyl (C=O) groups excluding carboxylic acids is 1. The molecule has 3 heteroatoms. The third kappa shape index (κ3) is 4.47. The van der Waals surface area contributed by atoms with E-state index in [9.17, 15) is 4.79 Å². The Kier molecular flexibility index (Phi) is 4.55. The van der Waals surface area contributed by atoms with E-state index in [1.807, 2.05) is 45.0 Å². The van der Waals surface area contributed by atoms with Gasteiger partial charge in [0, 0.05) is 23.3 Å². The van der Waals surface area contributed by atoms with Crippen molar-refractivity contribution in [3.8, 4) is 0 Å². The molecule has 0 saturated carbocycles. The van der Waals surface area contributed by atoms with Gasteiger partial charge in [0.25, 0.3) is 0 Å². The SMILES string of the molecule is CCCNc1cccc(NC(=O)C(C)(C)C)c1. The summed E-state index contributed by atoms with van der Waals surface area (Å²) in [6.45, 7) is 8.78. The minimum Gasteiger partial charge on any atom is -0.385 e. The van der Waals surface area contributed by atoms with E-state index >= 15 is 0 Å². The fourth-order valence-electron chi connectivity index (χ4n) is 1.29. The van der Waals surface area contributed by atoms with E-state index in [0.29, 0.717) is 0 Å². The van der Waals surface area contributed by atoms with Gasteiger partial charge in [-0.25, -0.2) is 0 Å². The highest BCUT2D eigenvalue weighted by molar-refractivity contribution is 5.94. The van der Waals surface area contributed by atoms with Crippen LogP contribution in [0.3, 0.4) is 0 Å². The molecular weight excluding hydrogens is 212 g/mol. The second-order valence-corrected chi connectivity index (χ2v) is 5.21. The topological polar surface area (TPSA) is 41.1 Å². The molecule has 0 aliphatic carbocycles. The number of rotatable bonds is 4. The fourth-order valence-corrected chi connectivity index (χ4v) is 1.29. The Morgan fingerprint density at radius 1 is 1.24 bits per heavy atom. The first-order valence-corrected chi connectivity index (χ1v) is 6.09. The Hall–Kier alpha value is -1.51. The number of amides is 1. The number of benzene rings is 1. The molecule has 1 aromatic rings. The summed E-state index contributed by atoms with van der Waals surface area (Å²) >= 11 is 0. The molecule has 0 saturated heterocycles. The summed E-state index contributed by atoms with van der Waals surface area (Å²) in [4.78, 5) is 11.8. The van der Waals surface area contributed by atoms with Crippen molar-refractivity contribution in [2.24, 2.45) is 5.41 Å². The van der Waals surface area contributed by atoms with E-state index in [1.54, 1.807) is 0 Å². The van der Waals surface area contributed by atoms with Gasteiger partial charge in [-0.1, -0.05) is 33.8 Å². The Labute approximate surface area is 104 Å². The minimum absolute atomic E-state index is 0.0325. The lowest BCUT2D eigenvalue weighted by Gasteiger charge is -2.18. The summed E-state index contributed by atoms with van der Waals surface area (Å²) in [5.74, 6) is 0.0325. The Morgan fingerprint density at radius 2 is 1.88 bits per heavy atom. The highest BCUT2D eigenvalue weighted by atomic mass is 16.2. The van der Waals surface area contributed by atoms with E-state index in [1.165, 1.54) is 0 Å². The van der Waals surface area contributed by atoms with Crippen LogP contribution in [0, 0.1) is 5.41 Å².